The summed E-state index contributed by atoms with van der Waals surface area (Å²) >= 11 is 0. The third-order valence-corrected chi connectivity index (χ3v) is 2.97. The fourth-order valence-corrected chi connectivity index (χ4v) is 2.18. The van der Waals surface area contributed by atoms with Gasteiger partial charge in [0.25, 0.3) is 0 Å². The molecule has 1 aliphatic carbocycles. The molecule has 1 saturated heterocycles. The maximum atomic E-state index is 11.6. The van der Waals surface area contributed by atoms with Gasteiger partial charge in [-0.1, -0.05) is 6.92 Å². The number of amides is 2. The zero-order valence-corrected chi connectivity index (χ0v) is 9.16. The van der Waals surface area contributed by atoms with Crippen LogP contribution in [0.3, 0.4) is 0 Å². The van der Waals surface area contributed by atoms with Gasteiger partial charge in [0.15, 0.2) is 5.78 Å². The van der Waals surface area contributed by atoms with E-state index in [0.29, 0.717) is 19.3 Å². The normalized spacial score (nSPS) is 25.8. The maximum Gasteiger partial charge on any atom is 0.249 e. The molecule has 0 aromatic heterocycles. The van der Waals surface area contributed by atoms with Gasteiger partial charge in [0, 0.05) is 18.2 Å². The molecule has 0 saturated carbocycles. The van der Waals surface area contributed by atoms with Gasteiger partial charge in [0.1, 0.15) is 6.04 Å². The number of carbonyl (C=O) groups excluding carboxylic acids is 3. The van der Waals surface area contributed by atoms with E-state index in [-0.39, 0.29) is 30.2 Å². The van der Waals surface area contributed by atoms with E-state index in [9.17, 15) is 14.4 Å². The first-order valence-electron chi connectivity index (χ1n) is 5.45. The number of nitrogens with one attached hydrogen (secondary N) is 1. The molecule has 1 fully saturated rings. The molecule has 0 bridgehead atoms. The fraction of sp³-hybridized carbons (Fsp3) is 0.545. The van der Waals surface area contributed by atoms with Gasteiger partial charge in [-0.2, -0.15) is 0 Å². The minimum atomic E-state index is -0.324. The lowest BCUT2D eigenvalue weighted by molar-refractivity contribution is -0.139. The molecule has 1 heterocycles. The minimum Gasteiger partial charge on any atom is -0.353 e. The second kappa shape index (κ2) is 4.08. The number of carbonyl (C=O) groups is 3. The van der Waals surface area contributed by atoms with Crippen molar-refractivity contribution in [1.29, 1.82) is 0 Å². The molecule has 1 N–H and O–H groups in total. The van der Waals surface area contributed by atoms with Crippen LogP contribution in [-0.4, -0.2) is 35.1 Å². The third kappa shape index (κ3) is 1.85. The lowest BCUT2D eigenvalue weighted by Crippen LogP contribution is -2.57. The van der Waals surface area contributed by atoms with Crippen LogP contribution in [0.4, 0.5) is 0 Å². The van der Waals surface area contributed by atoms with Gasteiger partial charge in [-0.05, 0) is 12.8 Å². The molecule has 5 heteroatoms. The quantitative estimate of drug-likeness (QED) is 0.666. The van der Waals surface area contributed by atoms with Gasteiger partial charge in [-0.25, -0.2) is 0 Å². The second-order valence-electron chi connectivity index (χ2n) is 4.07. The van der Waals surface area contributed by atoms with E-state index in [0.717, 1.165) is 5.70 Å². The van der Waals surface area contributed by atoms with Gasteiger partial charge >= 0.3 is 0 Å². The predicted octanol–water partition coefficient (Wildman–Crippen LogP) is -0.0298. The molecule has 2 aliphatic rings. The standard InChI is InChI=1S/C11H14N2O3/c1-2-9-11(16)12-10(15)6-13(9)7-3-4-8(14)5-7/h5,9H,2-4,6H2,1H3,(H,12,15,16). The minimum absolute atomic E-state index is 0.0725. The summed E-state index contributed by atoms with van der Waals surface area (Å²) in [5.41, 5.74) is 0.819. The van der Waals surface area contributed by atoms with Gasteiger partial charge in [-0.15, -0.1) is 0 Å². The van der Waals surface area contributed by atoms with Gasteiger partial charge in [0.2, 0.25) is 11.8 Å². The summed E-state index contributed by atoms with van der Waals surface area (Å²) in [6.07, 6.45) is 3.30. The zero-order valence-electron chi connectivity index (χ0n) is 9.16. The maximum absolute atomic E-state index is 11.6. The van der Waals surface area contributed by atoms with Gasteiger partial charge < -0.3 is 4.90 Å². The molecule has 86 valence electrons. The van der Waals surface area contributed by atoms with Crippen molar-refractivity contribution in [3.8, 4) is 0 Å². The van der Waals surface area contributed by atoms with Crippen molar-refractivity contribution in [2.75, 3.05) is 6.54 Å². The van der Waals surface area contributed by atoms with E-state index in [4.69, 9.17) is 0 Å². The molecule has 1 unspecified atom stereocenters. The van der Waals surface area contributed by atoms with Crippen molar-refractivity contribution < 1.29 is 14.4 Å². The average Bonchev–Trinajstić information content (AvgIpc) is 2.63. The summed E-state index contributed by atoms with van der Waals surface area (Å²) in [6, 6.07) is -0.324. The van der Waals surface area contributed by atoms with Crippen molar-refractivity contribution in [3.05, 3.63) is 11.8 Å². The number of hydrogen-bond donors (Lipinski definition) is 1. The van der Waals surface area contributed by atoms with Gasteiger partial charge in [-0.3, -0.25) is 19.7 Å². The molecule has 1 aliphatic heterocycles. The second-order valence-corrected chi connectivity index (χ2v) is 4.07. The molecule has 0 aromatic rings. The molecule has 1 atom stereocenters. The number of hydrogen-bond acceptors (Lipinski definition) is 4. The van der Waals surface area contributed by atoms with E-state index in [1.165, 1.54) is 0 Å². The Kier molecular flexibility index (Phi) is 2.77. The van der Waals surface area contributed by atoms with E-state index < -0.39 is 0 Å². The number of ketones is 1. The molecule has 2 rings (SSSR count). The summed E-state index contributed by atoms with van der Waals surface area (Å²) in [5.74, 6) is -0.489. The Morgan fingerprint density at radius 3 is 2.69 bits per heavy atom. The van der Waals surface area contributed by atoms with Crippen molar-refractivity contribution >= 4 is 17.6 Å². The van der Waals surface area contributed by atoms with Crippen LogP contribution in [0.1, 0.15) is 26.2 Å². The summed E-state index contributed by atoms with van der Waals surface area (Å²) in [7, 11) is 0. The number of allylic oxidation sites excluding steroid dienone is 2. The number of nitrogens with zero attached hydrogens (tertiary/aromatic N) is 1. The first kappa shape index (κ1) is 10.9. The average molecular weight is 222 g/mol. The molecular weight excluding hydrogens is 208 g/mol. The first-order chi connectivity index (χ1) is 7.61. The highest BCUT2D eigenvalue weighted by Gasteiger charge is 2.34. The Morgan fingerprint density at radius 2 is 2.12 bits per heavy atom. The Labute approximate surface area is 93.5 Å². The Morgan fingerprint density at radius 1 is 1.38 bits per heavy atom. The van der Waals surface area contributed by atoms with Crippen LogP contribution in [0.2, 0.25) is 0 Å². The predicted molar refractivity (Wildman–Crippen MR) is 56.3 cm³/mol. The van der Waals surface area contributed by atoms with Gasteiger partial charge in [0.05, 0.1) is 6.54 Å². The van der Waals surface area contributed by atoms with Crippen LogP contribution in [0.25, 0.3) is 0 Å². The largest absolute Gasteiger partial charge is 0.353 e. The molecule has 2 amide bonds. The van der Waals surface area contributed by atoms with E-state index in [1.54, 1.807) is 11.0 Å². The SMILES string of the molecule is CCC1C(=O)NC(=O)CN1C1=CC(=O)CC1. The van der Waals surface area contributed by atoms with Crippen molar-refractivity contribution in [2.45, 2.75) is 32.2 Å². The summed E-state index contributed by atoms with van der Waals surface area (Å²) < 4.78 is 0. The molecule has 0 spiro atoms. The van der Waals surface area contributed by atoms with E-state index in [2.05, 4.69) is 5.32 Å². The van der Waals surface area contributed by atoms with Crippen molar-refractivity contribution in [1.82, 2.24) is 10.2 Å². The Bertz CT molecular complexity index is 387. The highest BCUT2D eigenvalue weighted by Crippen LogP contribution is 2.24. The van der Waals surface area contributed by atoms with Crippen LogP contribution in [0, 0.1) is 0 Å². The summed E-state index contributed by atoms with van der Waals surface area (Å²) in [5, 5.41) is 2.31. The molecule has 0 radical (unpaired) electrons. The van der Waals surface area contributed by atoms with E-state index in [1.807, 2.05) is 6.92 Å². The third-order valence-electron chi connectivity index (χ3n) is 2.97. The Hall–Kier alpha value is -1.65. The summed E-state index contributed by atoms with van der Waals surface area (Å²) in [4.78, 5) is 35.8. The highest BCUT2D eigenvalue weighted by atomic mass is 16.2. The van der Waals surface area contributed by atoms with Crippen molar-refractivity contribution in [2.24, 2.45) is 0 Å². The monoisotopic (exact) mass is 222 g/mol. The lowest BCUT2D eigenvalue weighted by atomic mass is 10.1. The summed E-state index contributed by atoms with van der Waals surface area (Å²) in [6.45, 7) is 2.06. The van der Waals surface area contributed by atoms with Crippen LogP contribution < -0.4 is 5.32 Å². The number of piperazine rings is 1. The van der Waals surface area contributed by atoms with Crippen LogP contribution >= 0.6 is 0 Å². The fourth-order valence-electron chi connectivity index (χ4n) is 2.18. The highest BCUT2D eigenvalue weighted by molar-refractivity contribution is 6.01. The first-order valence-corrected chi connectivity index (χ1v) is 5.45. The number of rotatable bonds is 2. The lowest BCUT2D eigenvalue weighted by Gasteiger charge is -2.35. The van der Waals surface area contributed by atoms with E-state index >= 15 is 0 Å². The molecule has 5 nitrogen and oxygen atoms in total. The number of imide groups is 1. The van der Waals surface area contributed by atoms with Crippen LogP contribution in [-0.2, 0) is 14.4 Å². The smallest absolute Gasteiger partial charge is 0.249 e. The Balaban J connectivity index is 2.23. The molecule has 16 heavy (non-hydrogen) atoms. The topological polar surface area (TPSA) is 66.5 Å². The van der Waals surface area contributed by atoms with Crippen molar-refractivity contribution in [3.63, 3.8) is 0 Å². The van der Waals surface area contributed by atoms with Crippen LogP contribution in [0.15, 0.2) is 11.8 Å². The van der Waals surface area contributed by atoms with Crippen LogP contribution in [0.5, 0.6) is 0 Å². The zero-order chi connectivity index (χ0) is 11.7. The molecular formula is C11H14N2O3. The molecule has 0 aromatic carbocycles.